The van der Waals surface area contributed by atoms with Crippen molar-refractivity contribution in [3.8, 4) is 0 Å². The van der Waals surface area contributed by atoms with Crippen molar-refractivity contribution < 1.29 is 22.6 Å². The summed E-state index contributed by atoms with van der Waals surface area (Å²) in [5, 5.41) is 9.40. The normalized spacial score (nSPS) is 17.4. The van der Waals surface area contributed by atoms with E-state index >= 15 is 0 Å². The Hall–Kier alpha value is -2.07. The highest BCUT2D eigenvalue weighted by atomic mass is 19.4. The average Bonchev–Trinajstić information content (AvgIpc) is 3.22. The van der Waals surface area contributed by atoms with Crippen LogP contribution in [0.4, 0.5) is 19.0 Å². The molecule has 29 heavy (non-hydrogen) atoms. The second kappa shape index (κ2) is 12.5. The Kier molecular flexibility index (Phi) is 9.99. The molecule has 164 valence electrons. The number of nitrogens with one attached hydrogen (secondary N) is 3. The van der Waals surface area contributed by atoms with Gasteiger partial charge >= 0.3 is 6.18 Å². The number of ether oxygens (including phenoxy) is 2. The summed E-state index contributed by atoms with van der Waals surface area (Å²) in [4.78, 5) is 7.93. The van der Waals surface area contributed by atoms with Crippen LogP contribution in [-0.2, 0) is 15.7 Å². The molecule has 2 rings (SSSR count). The molecule has 2 heterocycles. The molecule has 0 amide bonds. The topological polar surface area (TPSA) is 79.8 Å². The second-order valence-corrected chi connectivity index (χ2v) is 6.70. The third-order valence-corrected chi connectivity index (χ3v) is 4.35. The van der Waals surface area contributed by atoms with Crippen molar-refractivity contribution in [1.29, 1.82) is 0 Å². The molecule has 0 saturated carbocycles. The molecule has 3 N–H and O–H groups in total. The summed E-state index contributed by atoms with van der Waals surface area (Å²) in [7, 11) is 1.70. The highest BCUT2D eigenvalue weighted by Crippen LogP contribution is 2.28. The van der Waals surface area contributed by atoms with E-state index in [1.807, 2.05) is 0 Å². The van der Waals surface area contributed by atoms with Crippen molar-refractivity contribution in [2.24, 2.45) is 4.99 Å². The second-order valence-electron chi connectivity index (χ2n) is 6.70. The van der Waals surface area contributed by atoms with Gasteiger partial charge in [-0.05, 0) is 37.8 Å². The maximum Gasteiger partial charge on any atom is 0.417 e. The molecule has 1 atom stereocenters. The molecule has 0 aromatic carbocycles. The lowest BCUT2D eigenvalue weighted by atomic mass is 10.2. The van der Waals surface area contributed by atoms with Crippen molar-refractivity contribution in [2.75, 3.05) is 51.8 Å². The van der Waals surface area contributed by atoms with E-state index in [-0.39, 0.29) is 6.10 Å². The summed E-state index contributed by atoms with van der Waals surface area (Å²) in [5.41, 5.74) is -0.753. The van der Waals surface area contributed by atoms with Gasteiger partial charge in [0.15, 0.2) is 5.96 Å². The van der Waals surface area contributed by atoms with E-state index in [0.717, 1.165) is 51.1 Å². The number of alkyl halides is 3. The molecule has 1 fully saturated rings. The Labute approximate surface area is 169 Å². The van der Waals surface area contributed by atoms with Gasteiger partial charge in [-0.15, -0.1) is 0 Å². The number of rotatable bonds is 11. The van der Waals surface area contributed by atoms with Crippen molar-refractivity contribution in [3.63, 3.8) is 0 Å². The predicted octanol–water partition coefficient (Wildman–Crippen LogP) is 2.65. The quantitative estimate of drug-likeness (QED) is 0.292. The van der Waals surface area contributed by atoms with Gasteiger partial charge in [0.05, 0.1) is 18.3 Å². The number of pyridine rings is 1. The summed E-state index contributed by atoms with van der Waals surface area (Å²) >= 11 is 0. The lowest BCUT2D eigenvalue weighted by molar-refractivity contribution is -0.137. The number of guanidine groups is 1. The standard InChI is InChI=1S/C19H30F3N5O2/c1-23-18(26-10-4-11-28-14-16-5-2-12-29-16)25-9-3-8-24-17-7-6-15(13-27-17)19(20,21)22/h6-7,13,16H,2-5,8-12,14H2,1H3,(H,24,27)(H2,23,25,26). The fourth-order valence-electron chi connectivity index (χ4n) is 2.77. The van der Waals surface area contributed by atoms with E-state index in [0.29, 0.717) is 38.1 Å². The van der Waals surface area contributed by atoms with Crippen LogP contribution in [0.3, 0.4) is 0 Å². The van der Waals surface area contributed by atoms with E-state index in [1.54, 1.807) is 7.05 Å². The molecule has 0 spiro atoms. The first-order valence-electron chi connectivity index (χ1n) is 9.90. The molecule has 1 aromatic rings. The number of hydrogen-bond donors (Lipinski definition) is 3. The zero-order chi connectivity index (χ0) is 21.0. The lowest BCUT2D eigenvalue weighted by Crippen LogP contribution is -2.38. The Bertz CT molecular complexity index is 605. The lowest BCUT2D eigenvalue weighted by Gasteiger charge is -2.13. The highest BCUT2D eigenvalue weighted by molar-refractivity contribution is 5.79. The predicted molar refractivity (Wildman–Crippen MR) is 106 cm³/mol. The van der Waals surface area contributed by atoms with Crippen LogP contribution in [0.1, 0.15) is 31.2 Å². The molecule has 0 bridgehead atoms. The van der Waals surface area contributed by atoms with Crippen molar-refractivity contribution in [1.82, 2.24) is 15.6 Å². The fourth-order valence-corrected chi connectivity index (χ4v) is 2.77. The first kappa shape index (κ1) is 23.2. The number of aliphatic imine (C=N–C) groups is 1. The summed E-state index contributed by atoms with van der Waals surface area (Å²) in [6.45, 7) is 4.18. The number of anilines is 1. The monoisotopic (exact) mass is 417 g/mol. The van der Waals surface area contributed by atoms with E-state index in [2.05, 4.69) is 25.9 Å². The summed E-state index contributed by atoms with van der Waals surface area (Å²) in [5.74, 6) is 1.13. The van der Waals surface area contributed by atoms with E-state index in [9.17, 15) is 13.2 Å². The molecule has 1 saturated heterocycles. The minimum absolute atomic E-state index is 0.253. The summed E-state index contributed by atoms with van der Waals surface area (Å²) in [6.07, 6.45) is 0.546. The summed E-state index contributed by atoms with van der Waals surface area (Å²) in [6, 6.07) is 2.35. The van der Waals surface area contributed by atoms with Crippen molar-refractivity contribution in [2.45, 2.75) is 38.0 Å². The van der Waals surface area contributed by atoms with Crippen LogP contribution < -0.4 is 16.0 Å². The van der Waals surface area contributed by atoms with Crippen LogP contribution in [0.25, 0.3) is 0 Å². The van der Waals surface area contributed by atoms with Gasteiger partial charge in [0.1, 0.15) is 5.82 Å². The molecule has 10 heteroatoms. The number of aromatic nitrogens is 1. The molecule has 0 radical (unpaired) electrons. The molecule has 1 unspecified atom stereocenters. The molecule has 7 nitrogen and oxygen atoms in total. The Morgan fingerprint density at radius 3 is 2.66 bits per heavy atom. The highest BCUT2D eigenvalue weighted by Gasteiger charge is 2.30. The molecule has 1 aliphatic rings. The Morgan fingerprint density at radius 2 is 2.03 bits per heavy atom. The van der Waals surface area contributed by atoms with Gasteiger partial charge in [-0.3, -0.25) is 4.99 Å². The van der Waals surface area contributed by atoms with Gasteiger partial charge in [-0.2, -0.15) is 13.2 Å². The van der Waals surface area contributed by atoms with Gasteiger partial charge in [0, 0.05) is 46.1 Å². The van der Waals surface area contributed by atoms with Crippen LogP contribution in [0.15, 0.2) is 23.3 Å². The van der Waals surface area contributed by atoms with Crippen LogP contribution in [0, 0.1) is 0 Å². The van der Waals surface area contributed by atoms with E-state index in [4.69, 9.17) is 9.47 Å². The SMILES string of the molecule is CN=C(NCCCNc1ccc(C(F)(F)F)cn1)NCCCOCC1CCCO1. The molecule has 0 aliphatic carbocycles. The first-order chi connectivity index (χ1) is 14.0. The third-order valence-electron chi connectivity index (χ3n) is 4.35. The third kappa shape index (κ3) is 9.31. The smallest absolute Gasteiger partial charge is 0.379 e. The van der Waals surface area contributed by atoms with Crippen molar-refractivity contribution >= 4 is 11.8 Å². The number of hydrogen-bond acceptors (Lipinski definition) is 5. The van der Waals surface area contributed by atoms with Crippen molar-refractivity contribution in [3.05, 3.63) is 23.9 Å². The van der Waals surface area contributed by atoms with Crippen LogP contribution in [0.5, 0.6) is 0 Å². The zero-order valence-corrected chi connectivity index (χ0v) is 16.7. The van der Waals surface area contributed by atoms with Gasteiger partial charge in [0.25, 0.3) is 0 Å². The zero-order valence-electron chi connectivity index (χ0n) is 16.7. The van der Waals surface area contributed by atoms with Gasteiger partial charge in [-0.25, -0.2) is 4.98 Å². The summed E-state index contributed by atoms with van der Waals surface area (Å²) < 4.78 is 48.6. The molecular formula is C19H30F3N5O2. The first-order valence-corrected chi connectivity index (χ1v) is 9.90. The molecule has 1 aromatic heterocycles. The van der Waals surface area contributed by atoms with Gasteiger partial charge in [-0.1, -0.05) is 0 Å². The number of halogens is 3. The van der Waals surface area contributed by atoms with Gasteiger partial charge in [0.2, 0.25) is 0 Å². The minimum Gasteiger partial charge on any atom is -0.379 e. The average molecular weight is 417 g/mol. The molecular weight excluding hydrogens is 387 g/mol. The van der Waals surface area contributed by atoms with Crippen LogP contribution >= 0.6 is 0 Å². The minimum atomic E-state index is -4.37. The van der Waals surface area contributed by atoms with E-state index in [1.165, 1.54) is 6.07 Å². The maximum absolute atomic E-state index is 12.5. The molecule has 1 aliphatic heterocycles. The number of nitrogens with zero attached hydrogens (tertiary/aromatic N) is 2. The fraction of sp³-hybridized carbons (Fsp3) is 0.684. The van der Waals surface area contributed by atoms with Crippen LogP contribution in [-0.4, -0.2) is 63.6 Å². The van der Waals surface area contributed by atoms with Gasteiger partial charge < -0.3 is 25.4 Å². The van der Waals surface area contributed by atoms with Crippen LogP contribution in [0.2, 0.25) is 0 Å². The maximum atomic E-state index is 12.5. The van der Waals surface area contributed by atoms with E-state index < -0.39 is 11.7 Å². The Balaban J connectivity index is 1.48. The Morgan fingerprint density at radius 1 is 1.24 bits per heavy atom. The largest absolute Gasteiger partial charge is 0.417 e.